The molecule has 9 nitrogen and oxygen atoms in total. The van der Waals surface area contributed by atoms with E-state index in [4.69, 9.17) is 24.3 Å². The number of unbranched alkanes of at least 4 members (excludes halogenated alkanes) is 40. The van der Waals surface area contributed by atoms with Crippen LogP contribution in [0, 0.1) is 0 Å². The van der Waals surface area contributed by atoms with Gasteiger partial charge in [0.1, 0.15) is 6.61 Å². The van der Waals surface area contributed by atoms with Crippen molar-refractivity contribution >= 4 is 19.8 Å². The fourth-order valence-electron chi connectivity index (χ4n) is 10.1. The fraction of sp³-hybridized carbons (Fsp3) is 0.803. The van der Waals surface area contributed by atoms with Crippen LogP contribution in [0.4, 0.5) is 0 Å². The van der Waals surface area contributed by atoms with E-state index >= 15 is 0 Å². The van der Waals surface area contributed by atoms with Crippen molar-refractivity contribution in [3.63, 3.8) is 0 Å². The zero-order valence-corrected chi connectivity index (χ0v) is 53.9. The van der Waals surface area contributed by atoms with Crippen molar-refractivity contribution in [3.8, 4) is 0 Å². The van der Waals surface area contributed by atoms with Crippen LogP contribution in [0.3, 0.4) is 0 Å². The first-order valence-electron chi connectivity index (χ1n) is 34.4. The fourth-order valence-corrected chi connectivity index (χ4v) is 10.8. The van der Waals surface area contributed by atoms with Crippen molar-refractivity contribution in [3.05, 3.63) is 72.9 Å². The zero-order chi connectivity index (χ0) is 58.7. The van der Waals surface area contributed by atoms with Crippen LogP contribution in [0.15, 0.2) is 72.9 Å². The molecule has 3 N–H and O–H groups in total. The Hall–Kier alpha value is -2.55. The Morgan fingerprint density at radius 1 is 0.383 bits per heavy atom. The summed E-state index contributed by atoms with van der Waals surface area (Å²) in [6, 6.07) is 0. The van der Waals surface area contributed by atoms with Gasteiger partial charge >= 0.3 is 19.8 Å². The van der Waals surface area contributed by atoms with E-state index in [2.05, 4.69) is 86.8 Å². The third-order valence-corrected chi connectivity index (χ3v) is 16.1. The molecule has 81 heavy (non-hydrogen) atoms. The average molecular weight is 1160 g/mol. The molecule has 472 valence electrons. The molecule has 0 saturated carbocycles. The summed E-state index contributed by atoms with van der Waals surface area (Å²) in [4.78, 5) is 35.3. The van der Waals surface area contributed by atoms with Gasteiger partial charge in [0.05, 0.1) is 13.2 Å². The molecule has 0 bridgehead atoms. The maximum absolute atomic E-state index is 12.8. The van der Waals surface area contributed by atoms with E-state index in [1.54, 1.807) is 0 Å². The number of hydrogen-bond acceptors (Lipinski definition) is 8. The first-order chi connectivity index (χ1) is 39.8. The van der Waals surface area contributed by atoms with E-state index < -0.39 is 26.5 Å². The van der Waals surface area contributed by atoms with E-state index in [0.29, 0.717) is 6.42 Å². The molecule has 0 aromatic carbocycles. The quantitative estimate of drug-likeness (QED) is 0.0264. The van der Waals surface area contributed by atoms with E-state index in [-0.39, 0.29) is 38.6 Å². The van der Waals surface area contributed by atoms with Gasteiger partial charge in [-0.1, -0.05) is 331 Å². The number of phosphoric ester groups is 1. The number of rotatable bonds is 65. The molecule has 0 saturated heterocycles. The van der Waals surface area contributed by atoms with Crippen molar-refractivity contribution in [2.24, 2.45) is 5.73 Å². The van der Waals surface area contributed by atoms with Crippen LogP contribution in [0.1, 0.15) is 335 Å². The first kappa shape index (κ1) is 78.5. The Kier molecular flexibility index (Phi) is 64.5. The minimum Gasteiger partial charge on any atom is -0.462 e. The summed E-state index contributed by atoms with van der Waals surface area (Å²) < 4.78 is 33.2. The molecule has 2 unspecified atom stereocenters. The van der Waals surface area contributed by atoms with E-state index in [9.17, 15) is 19.0 Å². The second-order valence-corrected chi connectivity index (χ2v) is 24.5. The van der Waals surface area contributed by atoms with E-state index in [0.717, 1.165) is 77.0 Å². The highest BCUT2D eigenvalue weighted by Gasteiger charge is 2.26. The highest BCUT2D eigenvalue weighted by molar-refractivity contribution is 7.47. The van der Waals surface area contributed by atoms with Gasteiger partial charge in [0.2, 0.25) is 0 Å². The highest BCUT2D eigenvalue weighted by Crippen LogP contribution is 2.43. The second kappa shape index (κ2) is 66.6. The molecule has 0 fully saturated rings. The summed E-state index contributed by atoms with van der Waals surface area (Å²) in [5.41, 5.74) is 5.40. The van der Waals surface area contributed by atoms with Gasteiger partial charge in [-0.25, -0.2) is 4.57 Å². The van der Waals surface area contributed by atoms with Crippen molar-refractivity contribution in [1.29, 1.82) is 0 Å². The number of carbonyl (C=O) groups is 2. The van der Waals surface area contributed by atoms with Gasteiger partial charge in [-0.2, -0.15) is 0 Å². The molecule has 10 heteroatoms. The van der Waals surface area contributed by atoms with Crippen molar-refractivity contribution < 1.29 is 37.6 Å². The summed E-state index contributed by atoms with van der Waals surface area (Å²) in [5.74, 6) is -0.809. The summed E-state index contributed by atoms with van der Waals surface area (Å²) in [5, 5.41) is 0. The number of ether oxygens (including phenoxy) is 2. The predicted molar refractivity (Wildman–Crippen MR) is 349 cm³/mol. The number of carbonyl (C=O) groups excluding carboxylic acids is 2. The molecule has 0 radical (unpaired) electrons. The normalized spacial score (nSPS) is 13.4. The molecule has 0 aromatic heterocycles. The number of hydrogen-bond donors (Lipinski definition) is 2. The number of allylic oxidation sites excluding steroid dienone is 12. The third-order valence-electron chi connectivity index (χ3n) is 15.1. The lowest BCUT2D eigenvalue weighted by Crippen LogP contribution is -2.29. The van der Waals surface area contributed by atoms with Gasteiger partial charge in [-0.3, -0.25) is 18.6 Å². The van der Waals surface area contributed by atoms with Crippen LogP contribution < -0.4 is 5.73 Å². The molecule has 0 aliphatic heterocycles. The maximum atomic E-state index is 12.8. The standard InChI is InChI=1S/C71H130NO8P/c1-3-5-7-9-11-13-15-17-19-21-23-25-27-28-29-30-31-32-33-34-35-36-37-38-39-40-42-44-46-48-50-52-54-56-58-60-62-64-71(74)80-69(68-79-81(75,76)78-66-65-72)67-77-70(73)63-61-59-57-55-53-51-49-47-45-43-41-26-24-22-20-18-16-14-12-10-8-6-4-2/h5,7,11,13,17,19,23,25,28-29,31-32,69H,3-4,6,8-10,12,14-16,18,20-22,24,26-27,30,33-68,72H2,1-2H3,(H,75,76)/b7-5-,13-11-,19-17-,25-23-,29-28-,32-31-. The predicted octanol–water partition coefficient (Wildman–Crippen LogP) is 22.4. The Morgan fingerprint density at radius 3 is 1.01 bits per heavy atom. The van der Waals surface area contributed by atoms with Crippen LogP contribution in [-0.2, 0) is 32.7 Å². The molecule has 0 spiro atoms. The van der Waals surface area contributed by atoms with Gasteiger partial charge in [0.25, 0.3) is 0 Å². The maximum Gasteiger partial charge on any atom is 0.472 e. The monoisotopic (exact) mass is 1160 g/mol. The van der Waals surface area contributed by atoms with Crippen molar-refractivity contribution in [2.75, 3.05) is 26.4 Å². The molecule has 0 heterocycles. The molecular weight excluding hydrogens is 1030 g/mol. The lowest BCUT2D eigenvalue weighted by molar-refractivity contribution is -0.161. The lowest BCUT2D eigenvalue weighted by atomic mass is 10.0. The Morgan fingerprint density at radius 2 is 0.679 bits per heavy atom. The van der Waals surface area contributed by atoms with Gasteiger partial charge < -0.3 is 20.1 Å². The SMILES string of the molecule is CC/C=C\C/C=C\C/C=C\C/C=C\C/C=C\C/C=C\CCCCCCCCCCCCCCCCCCCCC(=O)OC(COC(=O)CCCCCCCCCCCCCCCCCCCCCCCCC)COP(=O)(O)OCCN. The van der Waals surface area contributed by atoms with Gasteiger partial charge in [-0.05, 0) is 64.2 Å². The summed E-state index contributed by atoms with van der Waals surface area (Å²) in [6.07, 6.45) is 87.1. The first-order valence-corrected chi connectivity index (χ1v) is 35.9. The molecule has 0 amide bonds. The van der Waals surface area contributed by atoms with Crippen molar-refractivity contribution in [1.82, 2.24) is 0 Å². The van der Waals surface area contributed by atoms with Gasteiger partial charge in [-0.15, -0.1) is 0 Å². The zero-order valence-electron chi connectivity index (χ0n) is 53.0. The lowest BCUT2D eigenvalue weighted by Gasteiger charge is -2.19. The minimum absolute atomic E-state index is 0.0544. The van der Waals surface area contributed by atoms with Gasteiger partial charge in [0, 0.05) is 19.4 Å². The number of phosphoric acid groups is 1. The average Bonchev–Trinajstić information content (AvgIpc) is 3.46. The largest absolute Gasteiger partial charge is 0.472 e. The van der Waals surface area contributed by atoms with Crippen LogP contribution in [-0.4, -0.2) is 49.3 Å². The smallest absolute Gasteiger partial charge is 0.462 e. The molecular formula is C71H130NO8P. The van der Waals surface area contributed by atoms with E-state index in [1.165, 1.54) is 225 Å². The van der Waals surface area contributed by atoms with Crippen LogP contribution in [0.2, 0.25) is 0 Å². The summed E-state index contributed by atoms with van der Waals surface area (Å²) in [7, 11) is -4.39. The van der Waals surface area contributed by atoms with Crippen molar-refractivity contribution in [2.45, 2.75) is 341 Å². The van der Waals surface area contributed by atoms with Gasteiger partial charge in [0.15, 0.2) is 6.10 Å². The van der Waals surface area contributed by atoms with Crippen LogP contribution >= 0.6 is 7.82 Å². The molecule has 0 rings (SSSR count). The Bertz CT molecular complexity index is 1560. The Labute approximate surface area is 501 Å². The van der Waals surface area contributed by atoms with Crippen LogP contribution in [0.5, 0.6) is 0 Å². The molecule has 0 aromatic rings. The number of esters is 2. The summed E-state index contributed by atoms with van der Waals surface area (Å²) >= 11 is 0. The topological polar surface area (TPSA) is 134 Å². The molecule has 0 aliphatic carbocycles. The highest BCUT2D eigenvalue weighted by atomic mass is 31.2. The molecule has 0 aliphatic rings. The Balaban J connectivity index is 3.84. The second-order valence-electron chi connectivity index (χ2n) is 23.0. The summed E-state index contributed by atoms with van der Waals surface area (Å²) in [6.45, 7) is 3.69. The minimum atomic E-state index is -4.39. The van der Waals surface area contributed by atoms with E-state index in [1.807, 2.05) is 0 Å². The number of nitrogens with two attached hydrogens (primary N) is 1. The molecule has 2 atom stereocenters. The third kappa shape index (κ3) is 66.5. The van der Waals surface area contributed by atoms with Crippen LogP contribution in [0.25, 0.3) is 0 Å².